The molecule has 21 heavy (non-hydrogen) atoms. The van der Waals surface area contributed by atoms with Crippen molar-refractivity contribution in [3.63, 3.8) is 0 Å². The molecule has 1 fully saturated rings. The molecule has 1 aliphatic heterocycles. The Morgan fingerprint density at radius 2 is 2.10 bits per heavy atom. The normalized spacial score (nSPS) is 20.1. The van der Waals surface area contributed by atoms with Crippen LogP contribution >= 0.6 is 0 Å². The number of hydrogen-bond acceptors (Lipinski definition) is 5. The van der Waals surface area contributed by atoms with Crippen molar-refractivity contribution in [3.8, 4) is 5.75 Å². The van der Waals surface area contributed by atoms with Crippen LogP contribution in [0.25, 0.3) is 0 Å². The molecule has 0 aliphatic carbocycles. The van der Waals surface area contributed by atoms with E-state index in [1.807, 2.05) is 0 Å². The van der Waals surface area contributed by atoms with E-state index in [1.165, 1.54) is 23.5 Å². The van der Waals surface area contributed by atoms with Gasteiger partial charge in [0.25, 0.3) is 0 Å². The number of rotatable bonds is 5. The van der Waals surface area contributed by atoms with E-state index >= 15 is 0 Å². The summed E-state index contributed by atoms with van der Waals surface area (Å²) >= 11 is 0. The van der Waals surface area contributed by atoms with Crippen LogP contribution in [0.4, 0.5) is 0 Å². The smallest absolute Gasteiger partial charge is 0.305 e. The van der Waals surface area contributed by atoms with Gasteiger partial charge in [0.15, 0.2) is 0 Å². The van der Waals surface area contributed by atoms with Crippen LogP contribution in [-0.2, 0) is 19.6 Å². The second kappa shape index (κ2) is 6.42. The number of nitrogens with zero attached hydrogens (tertiary/aromatic N) is 1. The highest BCUT2D eigenvalue weighted by Gasteiger charge is 2.35. The van der Waals surface area contributed by atoms with Gasteiger partial charge in [0.1, 0.15) is 5.75 Å². The zero-order chi connectivity index (χ0) is 15.5. The lowest BCUT2D eigenvalue weighted by Crippen LogP contribution is -2.49. The van der Waals surface area contributed by atoms with Gasteiger partial charge in [-0.2, -0.15) is 4.31 Å². The largest absolute Gasteiger partial charge is 0.497 e. The Hall–Kier alpha value is -1.64. The summed E-state index contributed by atoms with van der Waals surface area (Å²) in [6.45, 7) is 0.486. The Kier molecular flexibility index (Phi) is 4.81. The Morgan fingerprint density at radius 1 is 1.43 bits per heavy atom. The molecule has 1 saturated heterocycles. The van der Waals surface area contributed by atoms with Crippen LogP contribution in [0.2, 0.25) is 0 Å². The number of sulfonamides is 1. The fourth-order valence-corrected chi connectivity index (χ4v) is 3.80. The standard InChI is InChI=1S/C13H17NO6S/c1-19-11-2-4-12(5-3-11)21(17,18)14-6-7-20-9-10(14)8-13(15)16/h2-5,10H,6-9H2,1H3,(H,15,16). The van der Waals surface area contributed by atoms with E-state index in [1.54, 1.807) is 12.1 Å². The zero-order valence-corrected chi connectivity index (χ0v) is 12.4. The molecule has 2 rings (SSSR count). The van der Waals surface area contributed by atoms with Gasteiger partial charge < -0.3 is 14.6 Å². The predicted octanol–water partition coefficient (Wildman–Crippen LogP) is 0.559. The van der Waals surface area contributed by atoms with E-state index in [0.717, 1.165) is 0 Å². The molecule has 0 spiro atoms. The first-order valence-corrected chi connectivity index (χ1v) is 7.84. The third-order valence-electron chi connectivity index (χ3n) is 3.25. The van der Waals surface area contributed by atoms with Gasteiger partial charge in [-0.25, -0.2) is 8.42 Å². The Morgan fingerprint density at radius 3 is 2.67 bits per heavy atom. The van der Waals surface area contributed by atoms with E-state index in [0.29, 0.717) is 5.75 Å². The summed E-state index contributed by atoms with van der Waals surface area (Å²) < 4.78 is 36.6. The molecule has 1 aromatic rings. The highest BCUT2D eigenvalue weighted by molar-refractivity contribution is 7.89. The molecule has 0 amide bonds. The van der Waals surface area contributed by atoms with Gasteiger partial charge in [0, 0.05) is 6.54 Å². The Labute approximate surface area is 123 Å². The van der Waals surface area contributed by atoms with Crippen molar-refractivity contribution in [1.82, 2.24) is 4.31 Å². The number of carboxylic acid groups (broad SMARTS) is 1. The molecule has 1 unspecified atom stereocenters. The second-order valence-corrected chi connectivity index (χ2v) is 6.51. The summed E-state index contributed by atoms with van der Waals surface area (Å²) in [4.78, 5) is 11.0. The van der Waals surface area contributed by atoms with Crippen LogP contribution in [0.15, 0.2) is 29.2 Å². The molecule has 1 aromatic carbocycles. The van der Waals surface area contributed by atoms with Crippen LogP contribution in [0.3, 0.4) is 0 Å². The maximum absolute atomic E-state index is 12.6. The third kappa shape index (κ3) is 3.52. The summed E-state index contributed by atoms with van der Waals surface area (Å²) in [6.07, 6.45) is -0.282. The van der Waals surface area contributed by atoms with E-state index in [2.05, 4.69) is 0 Å². The molecule has 0 saturated carbocycles. The van der Waals surface area contributed by atoms with Gasteiger partial charge >= 0.3 is 5.97 Å². The van der Waals surface area contributed by atoms with Crippen LogP contribution in [0.1, 0.15) is 6.42 Å². The molecular formula is C13H17NO6S. The minimum absolute atomic E-state index is 0.0850. The first-order chi connectivity index (χ1) is 9.95. The molecule has 1 heterocycles. The van der Waals surface area contributed by atoms with E-state index in [4.69, 9.17) is 14.6 Å². The molecule has 1 atom stereocenters. The van der Waals surface area contributed by atoms with E-state index in [9.17, 15) is 13.2 Å². The lowest BCUT2D eigenvalue weighted by molar-refractivity contribution is -0.139. The predicted molar refractivity (Wildman–Crippen MR) is 73.7 cm³/mol. The number of benzene rings is 1. The first kappa shape index (κ1) is 15.7. The van der Waals surface area contributed by atoms with Crippen molar-refractivity contribution in [2.75, 3.05) is 26.9 Å². The molecule has 8 heteroatoms. The second-order valence-electron chi connectivity index (χ2n) is 4.62. The van der Waals surface area contributed by atoms with Gasteiger partial charge in [-0.15, -0.1) is 0 Å². The monoisotopic (exact) mass is 315 g/mol. The maximum Gasteiger partial charge on any atom is 0.305 e. The van der Waals surface area contributed by atoms with Gasteiger partial charge in [0.2, 0.25) is 10.0 Å². The highest BCUT2D eigenvalue weighted by atomic mass is 32.2. The fourth-order valence-electron chi connectivity index (χ4n) is 2.20. The van der Waals surface area contributed by atoms with Crippen LogP contribution in [-0.4, -0.2) is 56.7 Å². The molecular weight excluding hydrogens is 298 g/mol. The molecule has 116 valence electrons. The summed E-state index contributed by atoms with van der Waals surface area (Å²) in [7, 11) is -2.25. The van der Waals surface area contributed by atoms with Crippen molar-refractivity contribution in [2.24, 2.45) is 0 Å². The molecule has 0 aromatic heterocycles. The molecule has 0 bridgehead atoms. The maximum atomic E-state index is 12.6. The minimum Gasteiger partial charge on any atom is -0.497 e. The molecule has 7 nitrogen and oxygen atoms in total. The third-order valence-corrected chi connectivity index (χ3v) is 5.22. The average Bonchev–Trinajstić information content (AvgIpc) is 2.47. The number of hydrogen-bond donors (Lipinski definition) is 1. The lowest BCUT2D eigenvalue weighted by Gasteiger charge is -2.33. The average molecular weight is 315 g/mol. The van der Waals surface area contributed by atoms with E-state index in [-0.39, 0.29) is 31.1 Å². The van der Waals surface area contributed by atoms with Crippen molar-refractivity contribution >= 4 is 16.0 Å². The fraction of sp³-hybridized carbons (Fsp3) is 0.462. The van der Waals surface area contributed by atoms with Crippen molar-refractivity contribution in [2.45, 2.75) is 17.4 Å². The summed E-state index contributed by atoms with van der Waals surface area (Å²) in [5, 5.41) is 8.89. The molecule has 1 N–H and O–H groups in total. The number of aliphatic carboxylic acids is 1. The Bertz CT molecular complexity index is 598. The van der Waals surface area contributed by atoms with Crippen molar-refractivity contribution < 1.29 is 27.8 Å². The quantitative estimate of drug-likeness (QED) is 0.853. The zero-order valence-electron chi connectivity index (χ0n) is 11.6. The van der Waals surface area contributed by atoms with Crippen LogP contribution in [0.5, 0.6) is 5.75 Å². The molecule has 1 aliphatic rings. The summed E-state index contributed by atoms with van der Waals surface area (Å²) in [6, 6.07) is 5.31. The van der Waals surface area contributed by atoms with Gasteiger partial charge in [-0.05, 0) is 24.3 Å². The van der Waals surface area contributed by atoms with Gasteiger partial charge in [0.05, 0.1) is 37.7 Å². The Balaban J connectivity index is 2.28. The number of methoxy groups -OCH3 is 1. The highest BCUT2D eigenvalue weighted by Crippen LogP contribution is 2.24. The van der Waals surface area contributed by atoms with Gasteiger partial charge in [-0.1, -0.05) is 0 Å². The SMILES string of the molecule is COc1ccc(S(=O)(=O)N2CCOCC2CC(=O)O)cc1. The van der Waals surface area contributed by atoms with Crippen LogP contribution < -0.4 is 4.74 Å². The lowest BCUT2D eigenvalue weighted by atomic mass is 10.2. The summed E-state index contributed by atoms with van der Waals surface area (Å²) in [5.41, 5.74) is 0. The van der Waals surface area contributed by atoms with E-state index < -0.39 is 22.0 Å². The number of carbonyl (C=O) groups is 1. The number of carboxylic acids is 1. The first-order valence-electron chi connectivity index (χ1n) is 6.40. The number of morpholine rings is 1. The topological polar surface area (TPSA) is 93.1 Å². The minimum atomic E-state index is -3.75. The van der Waals surface area contributed by atoms with Crippen molar-refractivity contribution in [1.29, 1.82) is 0 Å². The summed E-state index contributed by atoms with van der Waals surface area (Å²) in [5.74, 6) is -0.501. The van der Waals surface area contributed by atoms with Gasteiger partial charge in [-0.3, -0.25) is 4.79 Å². The van der Waals surface area contributed by atoms with Crippen LogP contribution in [0, 0.1) is 0 Å². The molecule has 0 radical (unpaired) electrons. The number of ether oxygens (including phenoxy) is 2. The van der Waals surface area contributed by atoms with Crippen molar-refractivity contribution in [3.05, 3.63) is 24.3 Å².